The van der Waals surface area contributed by atoms with E-state index in [4.69, 9.17) is 0 Å². The second-order valence-electron chi connectivity index (χ2n) is 4.45. The Morgan fingerprint density at radius 1 is 1.30 bits per heavy atom. The van der Waals surface area contributed by atoms with Crippen LogP contribution in [0.25, 0.3) is 0 Å². The van der Waals surface area contributed by atoms with Crippen molar-refractivity contribution in [1.82, 2.24) is 0 Å². The second-order valence-corrected chi connectivity index (χ2v) is 5.36. The lowest BCUT2D eigenvalue weighted by molar-refractivity contribution is 0.0978. The van der Waals surface area contributed by atoms with Gasteiger partial charge in [0.05, 0.1) is 6.07 Å². The zero-order chi connectivity index (χ0) is 14.7. The van der Waals surface area contributed by atoms with E-state index in [0.29, 0.717) is 11.1 Å². The average molecular weight is 332 g/mol. The van der Waals surface area contributed by atoms with E-state index in [1.54, 1.807) is 31.2 Å². The van der Waals surface area contributed by atoms with Crippen LogP contribution in [0.1, 0.15) is 27.4 Å². The van der Waals surface area contributed by atoms with Crippen LogP contribution in [0.2, 0.25) is 0 Å². The predicted molar refractivity (Wildman–Crippen MR) is 78.0 cm³/mol. The van der Waals surface area contributed by atoms with E-state index in [1.165, 1.54) is 12.1 Å². The molecule has 1 unspecified atom stereocenters. The van der Waals surface area contributed by atoms with Crippen LogP contribution in [0.4, 0.5) is 4.39 Å². The zero-order valence-electron chi connectivity index (χ0n) is 10.7. The molecule has 0 amide bonds. The number of nitriles is 1. The molecule has 0 aromatic heterocycles. The van der Waals surface area contributed by atoms with Crippen LogP contribution in [-0.2, 0) is 0 Å². The smallest absolute Gasteiger partial charge is 0.184 e. The Morgan fingerprint density at radius 2 is 2.05 bits per heavy atom. The number of benzene rings is 2. The first-order valence-corrected chi connectivity index (χ1v) is 6.77. The highest BCUT2D eigenvalue weighted by Gasteiger charge is 2.22. The largest absolute Gasteiger partial charge is 0.292 e. The van der Waals surface area contributed by atoms with Gasteiger partial charge in [-0.15, -0.1) is 0 Å². The molecule has 4 heteroatoms. The number of rotatable bonds is 3. The SMILES string of the molecule is Cc1ccc(C(=O)C(C#N)c2cccc(Br)c2)cc1F. The van der Waals surface area contributed by atoms with E-state index < -0.39 is 17.5 Å². The number of hydrogen-bond donors (Lipinski definition) is 0. The molecule has 0 fully saturated rings. The van der Waals surface area contributed by atoms with Crippen molar-refractivity contribution in [3.63, 3.8) is 0 Å². The highest BCUT2D eigenvalue weighted by molar-refractivity contribution is 9.10. The lowest BCUT2D eigenvalue weighted by Gasteiger charge is -2.09. The van der Waals surface area contributed by atoms with E-state index in [-0.39, 0.29) is 5.56 Å². The summed E-state index contributed by atoms with van der Waals surface area (Å²) in [4.78, 5) is 12.3. The van der Waals surface area contributed by atoms with Crippen LogP contribution in [0.5, 0.6) is 0 Å². The van der Waals surface area contributed by atoms with Gasteiger partial charge in [-0.1, -0.05) is 40.2 Å². The molecule has 0 heterocycles. The first kappa shape index (κ1) is 14.4. The minimum absolute atomic E-state index is 0.208. The van der Waals surface area contributed by atoms with Crippen LogP contribution in [0.3, 0.4) is 0 Å². The number of halogens is 2. The van der Waals surface area contributed by atoms with Crippen molar-refractivity contribution < 1.29 is 9.18 Å². The molecule has 0 radical (unpaired) electrons. The van der Waals surface area contributed by atoms with Crippen molar-refractivity contribution in [2.75, 3.05) is 0 Å². The third kappa shape index (κ3) is 2.94. The summed E-state index contributed by atoms with van der Waals surface area (Å²) in [5.74, 6) is -1.78. The molecule has 0 saturated heterocycles. The molecular formula is C16H11BrFNO. The summed E-state index contributed by atoms with van der Waals surface area (Å²) in [6, 6.07) is 13.2. The molecule has 0 aliphatic heterocycles. The van der Waals surface area contributed by atoms with E-state index in [1.807, 2.05) is 12.1 Å². The third-order valence-corrected chi connectivity index (χ3v) is 3.52. The summed E-state index contributed by atoms with van der Waals surface area (Å²) in [5.41, 5.74) is 1.27. The van der Waals surface area contributed by atoms with Gasteiger partial charge in [0.2, 0.25) is 0 Å². The molecule has 2 aromatic rings. The van der Waals surface area contributed by atoms with Crippen molar-refractivity contribution >= 4 is 21.7 Å². The minimum Gasteiger partial charge on any atom is -0.292 e. The van der Waals surface area contributed by atoms with Gasteiger partial charge < -0.3 is 0 Å². The molecular weight excluding hydrogens is 321 g/mol. The summed E-state index contributed by atoms with van der Waals surface area (Å²) >= 11 is 3.31. The van der Waals surface area contributed by atoms with Gasteiger partial charge in [0.1, 0.15) is 11.7 Å². The Hall–Kier alpha value is -1.99. The number of hydrogen-bond acceptors (Lipinski definition) is 2. The molecule has 1 atom stereocenters. The second kappa shape index (κ2) is 5.98. The highest BCUT2D eigenvalue weighted by atomic mass is 79.9. The topological polar surface area (TPSA) is 40.9 Å². The first-order chi connectivity index (χ1) is 9.52. The van der Waals surface area contributed by atoms with Gasteiger partial charge in [0.25, 0.3) is 0 Å². The fourth-order valence-corrected chi connectivity index (χ4v) is 2.30. The maximum atomic E-state index is 13.5. The summed E-state index contributed by atoms with van der Waals surface area (Å²) < 4.78 is 14.3. The maximum Gasteiger partial charge on any atom is 0.184 e. The van der Waals surface area contributed by atoms with Gasteiger partial charge in [-0.05, 0) is 36.2 Å². The van der Waals surface area contributed by atoms with Crippen LogP contribution < -0.4 is 0 Å². The Kier molecular flexibility index (Phi) is 4.31. The van der Waals surface area contributed by atoms with E-state index in [9.17, 15) is 14.4 Å². The van der Waals surface area contributed by atoms with Gasteiger partial charge in [-0.25, -0.2) is 4.39 Å². The molecule has 0 aliphatic carbocycles. The summed E-state index contributed by atoms with van der Waals surface area (Å²) in [6.45, 7) is 1.62. The summed E-state index contributed by atoms with van der Waals surface area (Å²) in [6.07, 6.45) is 0. The number of carbonyl (C=O) groups excluding carboxylic acids is 1. The molecule has 100 valence electrons. The summed E-state index contributed by atoms with van der Waals surface area (Å²) in [7, 11) is 0. The predicted octanol–water partition coefficient (Wildman–Crippen LogP) is 4.39. The molecule has 0 spiro atoms. The van der Waals surface area contributed by atoms with Gasteiger partial charge >= 0.3 is 0 Å². The Morgan fingerprint density at radius 3 is 2.65 bits per heavy atom. The molecule has 0 saturated carbocycles. The Bertz CT molecular complexity index is 706. The van der Waals surface area contributed by atoms with Gasteiger partial charge in [-0.2, -0.15) is 5.26 Å². The quantitative estimate of drug-likeness (QED) is 0.783. The number of carbonyl (C=O) groups is 1. The van der Waals surface area contributed by atoms with Crippen molar-refractivity contribution in [3.8, 4) is 6.07 Å². The molecule has 2 rings (SSSR count). The fraction of sp³-hybridized carbons (Fsp3) is 0.125. The van der Waals surface area contributed by atoms with Crippen LogP contribution in [0.15, 0.2) is 46.9 Å². The van der Waals surface area contributed by atoms with Crippen LogP contribution in [0, 0.1) is 24.1 Å². The van der Waals surface area contributed by atoms with Crippen LogP contribution in [-0.4, -0.2) is 5.78 Å². The lowest BCUT2D eigenvalue weighted by atomic mass is 9.91. The summed E-state index contributed by atoms with van der Waals surface area (Å²) in [5, 5.41) is 9.25. The van der Waals surface area contributed by atoms with Crippen molar-refractivity contribution in [3.05, 3.63) is 69.4 Å². The molecule has 2 nitrogen and oxygen atoms in total. The molecule has 2 aromatic carbocycles. The monoisotopic (exact) mass is 331 g/mol. The van der Waals surface area contributed by atoms with Crippen molar-refractivity contribution in [2.24, 2.45) is 0 Å². The van der Waals surface area contributed by atoms with Crippen molar-refractivity contribution in [1.29, 1.82) is 5.26 Å². The average Bonchev–Trinajstić information content (AvgIpc) is 2.42. The van der Waals surface area contributed by atoms with Gasteiger partial charge in [-0.3, -0.25) is 4.79 Å². The molecule has 0 aliphatic rings. The normalized spacial score (nSPS) is 11.7. The van der Waals surface area contributed by atoms with Gasteiger partial charge in [0.15, 0.2) is 5.78 Å². The Labute approximate surface area is 125 Å². The molecule has 0 bridgehead atoms. The van der Waals surface area contributed by atoms with E-state index >= 15 is 0 Å². The highest BCUT2D eigenvalue weighted by Crippen LogP contribution is 2.24. The number of ketones is 1. The fourth-order valence-electron chi connectivity index (χ4n) is 1.88. The lowest BCUT2D eigenvalue weighted by Crippen LogP contribution is -2.11. The van der Waals surface area contributed by atoms with Crippen LogP contribution >= 0.6 is 15.9 Å². The number of aryl methyl sites for hydroxylation is 1. The molecule has 20 heavy (non-hydrogen) atoms. The minimum atomic E-state index is -0.936. The van der Waals surface area contributed by atoms with E-state index in [0.717, 1.165) is 4.47 Å². The zero-order valence-corrected chi connectivity index (χ0v) is 12.3. The Balaban J connectivity index is 2.39. The standard InChI is InChI=1S/C16H11BrFNO/c1-10-5-6-12(8-15(10)18)16(20)14(9-19)11-3-2-4-13(17)7-11/h2-8,14H,1H3. The van der Waals surface area contributed by atoms with Crippen molar-refractivity contribution in [2.45, 2.75) is 12.8 Å². The van der Waals surface area contributed by atoms with E-state index in [2.05, 4.69) is 15.9 Å². The first-order valence-electron chi connectivity index (χ1n) is 5.98. The molecule has 0 N–H and O–H groups in total. The third-order valence-electron chi connectivity index (χ3n) is 3.03. The van der Waals surface area contributed by atoms with Gasteiger partial charge in [0, 0.05) is 10.0 Å². The number of nitrogens with zero attached hydrogens (tertiary/aromatic N) is 1. The number of Topliss-reactive ketones (excluding diaryl/α,β-unsaturated/α-hetero) is 1. The maximum absolute atomic E-state index is 13.5.